The summed E-state index contributed by atoms with van der Waals surface area (Å²) in [5.74, 6) is 0. The van der Waals surface area contributed by atoms with Gasteiger partial charge in [-0.2, -0.15) is 0 Å². The zero-order chi connectivity index (χ0) is 11.9. The van der Waals surface area contributed by atoms with Crippen molar-refractivity contribution in [1.29, 1.82) is 0 Å². The first kappa shape index (κ1) is 10.9. The second kappa shape index (κ2) is 3.45. The molecule has 0 unspecified atom stereocenters. The van der Waals surface area contributed by atoms with Crippen molar-refractivity contribution in [2.24, 2.45) is 12.8 Å². The Morgan fingerprint density at radius 1 is 1.44 bits per heavy atom. The van der Waals surface area contributed by atoms with Crippen LogP contribution in [0.5, 0.6) is 0 Å². The lowest BCUT2D eigenvalue weighted by molar-refractivity contribution is 0.363. The molecule has 2 aromatic heterocycles. The first-order valence-corrected chi connectivity index (χ1v) is 5.21. The lowest BCUT2D eigenvalue weighted by Gasteiger charge is -2.24. The Bertz CT molecular complexity index is 579. The molecule has 0 radical (unpaired) electrons. The van der Waals surface area contributed by atoms with Crippen molar-refractivity contribution in [3.63, 3.8) is 0 Å². The Morgan fingerprint density at radius 2 is 2.12 bits per heavy atom. The Balaban J connectivity index is 2.90. The second-order valence-electron chi connectivity index (χ2n) is 4.56. The highest BCUT2D eigenvalue weighted by atomic mass is 16.1. The van der Waals surface area contributed by atoms with E-state index >= 15 is 0 Å². The molecule has 0 atom stereocenters. The molecular weight excluding hydrogens is 204 g/mol. The van der Waals surface area contributed by atoms with Gasteiger partial charge in [0.25, 0.3) is 0 Å². The summed E-state index contributed by atoms with van der Waals surface area (Å²) in [6.45, 7) is 4.29. The van der Waals surface area contributed by atoms with Gasteiger partial charge in [-0.05, 0) is 19.9 Å². The van der Waals surface area contributed by atoms with Crippen LogP contribution < -0.4 is 11.4 Å². The van der Waals surface area contributed by atoms with Crippen molar-refractivity contribution in [2.75, 3.05) is 6.54 Å². The largest absolute Gasteiger partial charge is 0.329 e. The van der Waals surface area contributed by atoms with Gasteiger partial charge in [0.05, 0.1) is 22.8 Å². The number of aromatic nitrogens is 3. The molecule has 5 nitrogen and oxygen atoms in total. The van der Waals surface area contributed by atoms with Crippen molar-refractivity contribution in [3.05, 3.63) is 28.9 Å². The van der Waals surface area contributed by atoms with Gasteiger partial charge in [0.1, 0.15) is 0 Å². The van der Waals surface area contributed by atoms with Crippen LogP contribution in [0.4, 0.5) is 0 Å². The maximum Gasteiger partial charge on any atom is 0.329 e. The zero-order valence-electron chi connectivity index (χ0n) is 9.77. The topological polar surface area (TPSA) is 65.8 Å². The monoisotopic (exact) mass is 220 g/mol. The summed E-state index contributed by atoms with van der Waals surface area (Å²) in [5.41, 5.74) is 6.96. The normalized spacial score (nSPS) is 12.2. The van der Waals surface area contributed by atoms with Crippen LogP contribution in [0.3, 0.4) is 0 Å². The maximum absolute atomic E-state index is 12.1. The maximum atomic E-state index is 12.1. The summed E-state index contributed by atoms with van der Waals surface area (Å²) in [4.78, 5) is 16.2. The van der Waals surface area contributed by atoms with Crippen LogP contribution in [0.15, 0.2) is 23.3 Å². The number of nitrogens with zero attached hydrogens (tertiary/aromatic N) is 3. The van der Waals surface area contributed by atoms with Crippen LogP contribution >= 0.6 is 0 Å². The van der Waals surface area contributed by atoms with E-state index in [2.05, 4.69) is 4.98 Å². The van der Waals surface area contributed by atoms with Crippen LogP contribution in [0.1, 0.15) is 13.8 Å². The second-order valence-corrected chi connectivity index (χ2v) is 4.56. The number of nitrogens with two attached hydrogens (primary N) is 1. The van der Waals surface area contributed by atoms with Crippen molar-refractivity contribution < 1.29 is 0 Å². The molecule has 0 aromatic carbocycles. The van der Waals surface area contributed by atoms with Gasteiger partial charge < -0.3 is 5.73 Å². The van der Waals surface area contributed by atoms with Gasteiger partial charge in [-0.25, -0.2) is 4.79 Å². The van der Waals surface area contributed by atoms with E-state index in [9.17, 15) is 4.79 Å². The van der Waals surface area contributed by atoms with E-state index in [1.807, 2.05) is 19.9 Å². The molecule has 0 bridgehead atoms. The average molecular weight is 220 g/mol. The molecule has 16 heavy (non-hydrogen) atoms. The Hall–Kier alpha value is -1.62. The highest BCUT2D eigenvalue weighted by Crippen LogP contribution is 2.18. The lowest BCUT2D eigenvalue weighted by Crippen LogP contribution is -2.42. The SMILES string of the molecule is Cn1c(=O)n(C(C)(C)CN)c2cnccc21. The van der Waals surface area contributed by atoms with Crippen molar-refractivity contribution in [3.8, 4) is 0 Å². The predicted octanol–water partition coefficient (Wildman–Crippen LogP) is 0.429. The molecular formula is C11H16N4O. The first-order chi connectivity index (χ1) is 7.49. The summed E-state index contributed by atoms with van der Waals surface area (Å²) in [7, 11) is 1.76. The minimum atomic E-state index is -0.403. The number of hydrogen-bond donors (Lipinski definition) is 1. The molecule has 0 saturated heterocycles. The van der Waals surface area contributed by atoms with Gasteiger partial charge in [-0.3, -0.25) is 14.1 Å². The fourth-order valence-electron chi connectivity index (χ4n) is 1.87. The number of rotatable bonds is 2. The smallest absolute Gasteiger partial charge is 0.328 e. The standard InChI is InChI=1S/C11H16N4O/c1-11(2,7-12)15-9-6-13-5-4-8(9)14(3)10(15)16/h4-6H,7,12H2,1-3H3. The zero-order valence-corrected chi connectivity index (χ0v) is 9.77. The summed E-state index contributed by atoms with van der Waals surface area (Å²) in [6, 6.07) is 1.83. The molecule has 2 N–H and O–H groups in total. The van der Waals surface area contributed by atoms with Crippen molar-refractivity contribution >= 4 is 11.0 Å². The quantitative estimate of drug-likeness (QED) is 0.798. The van der Waals surface area contributed by atoms with E-state index in [4.69, 9.17) is 5.73 Å². The molecule has 0 aliphatic heterocycles. The van der Waals surface area contributed by atoms with Crippen LogP contribution in [0.25, 0.3) is 11.0 Å². The third kappa shape index (κ3) is 1.36. The molecule has 2 heterocycles. The lowest BCUT2D eigenvalue weighted by atomic mass is 10.1. The molecule has 2 aromatic rings. The van der Waals surface area contributed by atoms with Crippen LogP contribution in [0, 0.1) is 0 Å². The fraction of sp³-hybridized carbons (Fsp3) is 0.455. The third-order valence-electron chi connectivity index (χ3n) is 2.96. The van der Waals surface area contributed by atoms with Crippen LogP contribution in [-0.4, -0.2) is 20.7 Å². The molecule has 86 valence electrons. The van der Waals surface area contributed by atoms with Crippen molar-refractivity contribution in [2.45, 2.75) is 19.4 Å². The van der Waals surface area contributed by atoms with Gasteiger partial charge in [-0.1, -0.05) is 0 Å². The molecule has 0 aliphatic rings. The van der Waals surface area contributed by atoms with E-state index in [0.717, 1.165) is 11.0 Å². The van der Waals surface area contributed by atoms with Gasteiger partial charge in [0, 0.05) is 19.8 Å². The highest BCUT2D eigenvalue weighted by molar-refractivity contribution is 5.75. The molecule has 0 amide bonds. The minimum absolute atomic E-state index is 0.0570. The number of fused-ring (bicyclic) bond motifs is 1. The minimum Gasteiger partial charge on any atom is -0.328 e. The summed E-state index contributed by atoms with van der Waals surface area (Å²) in [6.07, 6.45) is 3.38. The highest BCUT2D eigenvalue weighted by Gasteiger charge is 2.24. The molecule has 0 saturated carbocycles. The van der Waals surface area contributed by atoms with E-state index in [0.29, 0.717) is 6.54 Å². The Labute approximate surface area is 93.5 Å². The summed E-state index contributed by atoms with van der Waals surface area (Å²) >= 11 is 0. The molecule has 5 heteroatoms. The predicted molar refractivity (Wildman–Crippen MR) is 63.4 cm³/mol. The molecule has 0 fully saturated rings. The van der Waals surface area contributed by atoms with E-state index in [-0.39, 0.29) is 5.69 Å². The van der Waals surface area contributed by atoms with E-state index < -0.39 is 5.54 Å². The molecule has 2 rings (SSSR count). The molecule has 0 aliphatic carbocycles. The Kier molecular flexibility index (Phi) is 2.35. The van der Waals surface area contributed by atoms with Gasteiger partial charge in [-0.15, -0.1) is 0 Å². The fourth-order valence-corrected chi connectivity index (χ4v) is 1.87. The van der Waals surface area contributed by atoms with Crippen LogP contribution in [-0.2, 0) is 12.6 Å². The number of aryl methyl sites for hydroxylation is 1. The number of pyridine rings is 1. The summed E-state index contributed by atoms with van der Waals surface area (Å²) < 4.78 is 3.32. The molecule has 0 spiro atoms. The van der Waals surface area contributed by atoms with Gasteiger partial charge in [0.15, 0.2) is 0 Å². The number of hydrogen-bond acceptors (Lipinski definition) is 3. The average Bonchev–Trinajstić information content (AvgIpc) is 2.53. The van der Waals surface area contributed by atoms with Crippen LogP contribution in [0.2, 0.25) is 0 Å². The Morgan fingerprint density at radius 3 is 2.75 bits per heavy atom. The van der Waals surface area contributed by atoms with Crippen molar-refractivity contribution in [1.82, 2.24) is 14.1 Å². The number of imidazole rings is 1. The third-order valence-corrected chi connectivity index (χ3v) is 2.96. The van der Waals surface area contributed by atoms with Gasteiger partial charge >= 0.3 is 5.69 Å². The van der Waals surface area contributed by atoms with E-state index in [1.54, 1.807) is 28.6 Å². The van der Waals surface area contributed by atoms with Gasteiger partial charge in [0.2, 0.25) is 0 Å². The first-order valence-electron chi connectivity index (χ1n) is 5.21. The van der Waals surface area contributed by atoms with E-state index in [1.165, 1.54) is 0 Å². The summed E-state index contributed by atoms with van der Waals surface area (Å²) in [5, 5.41) is 0.